The number of rotatable bonds is 4. The summed E-state index contributed by atoms with van der Waals surface area (Å²) in [4.78, 5) is 0. The first-order valence-electron chi connectivity index (χ1n) is 2.68. The van der Waals surface area contributed by atoms with Gasteiger partial charge in [0.2, 0.25) is 0 Å². The number of aliphatic hydroxyl groups excluding tert-OH is 4. The van der Waals surface area contributed by atoms with Crippen LogP contribution in [-0.4, -0.2) is 46.9 Å². The Kier molecular flexibility index (Phi) is 8.31. The van der Waals surface area contributed by atoms with Crippen molar-refractivity contribution < 1.29 is 42.8 Å². The Labute approximate surface area is 75.0 Å². The molecule has 0 aliphatic rings. The minimum atomic E-state index is -1.11. The first-order valence-corrected chi connectivity index (χ1v) is 2.68. The molecule has 10 heavy (non-hydrogen) atoms. The van der Waals surface area contributed by atoms with Crippen LogP contribution in [0, 0.1) is 5.41 Å². The maximum atomic E-state index is 8.50. The van der Waals surface area contributed by atoms with Gasteiger partial charge in [0.05, 0.1) is 31.8 Å². The van der Waals surface area contributed by atoms with E-state index in [-0.39, 0.29) is 22.4 Å². The molecule has 0 amide bonds. The molecule has 0 atom stereocenters. The smallest absolute Gasteiger partial charge is 0.0627 e. The SMILES string of the molecule is OCC(CO)(CO)CO.[Au]. The van der Waals surface area contributed by atoms with Gasteiger partial charge in [0, 0.05) is 22.4 Å². The molecule has 0 aromatic heterocycles. The fourth-order valence-corrected chi connectivity index (χ4v) is 0.300. The predicted molar refractivity (Wildman–Crippen MR) is 30.8 cm³/mol. The molecule has 0 saturated carbocycles. The minimum Gasteiger partial charge on any atom is -0.396 e. The van der Waals surface area contributed by atoms with Crippen LogP contribution in [0.3, 0.4) is 0 Å². The van der Waals surface area contributed by atoms with Crippen LogP contribution in [0.25, 0.3) is 0 Å². The van der Waals surface area contributed by atoms with Crippen LogP contribution in [0.2, 0.25) is 0 Å². The van der Waals surface area contributed by atoms with Crippen molar-refractivity contribution in [3.8, 4) is 0 Å². The van der Waals surface area contributed by atoms with Crippen molar-refractivity contribution in [3.05, 3.63) is 0 Å². The van der Waals surface area contributed by atoms with Crippen molar-refractivity contribution in [2.75, 3.05) is 26.4 Å². The second-order valence-electron chi connectivity index (χ2n) is 2.13. The van der Waals surface area contributed by atoms with E-state index in [0.717, 1.165) is 0 Å². The molecule has 5 heteroatoms. The molecule has 0 spiro atoms. The van der Waals surface area contributed by atoms with E-state index in [0.29, 0.717) is 0 Å². The van der Waals surface area contributed by atoms with Crippen LogP contribution in [0.5, 0.6) is 0 Å². The van der Waals surface area contributed by atoms with Crippen molar-refractivity contribution in [2.45, 2.75) is 0 Å². The Balaban J connectivity index is 0. The molecule has 0 fully saturated rings. The summed E-state index contributed by atoms with van der Waals surface area (Å²) in [5.41, 5.74) is -1.11. The van der Waals surface area contributed by atoms with Gasteiger partial charge >= 0.3 is 0 Å². The summed E-state index contributed by atoms with van der Waals surface area (Å²) < 4.78 is 0. The number of hydrogen-bond acceptors (Lipinski definition) is 4. The second-order valence-corrected chi connectivity index (χ2v) is 2.13. The molecule has 0 unspecified atom stereocenters. The van der Waals surface area contributed by atoms with Crippen molar-refractivity contribution >= 4 is 0 Å². The molecule has 0 aromatic carbocycles. The van der Waals surface area contributed by atoms with Crippen LogP contribution in [0.4, 0.5) is 0 Å². The molecule has 0 rings (SSSR count). The maximum absolute atomic E-state index is 8.50. The summed E-state index contributed by atoms with van der Waals surface area (Å²) in [5.74, 6) is 0. The third-order valence-corrected chi connectivity index (χ3v) is 1.34. The van der Waals surface area contributed by atoms with Crippen molar-refractivity contribution in [3.63, 3.8) is 0 Å². The molecule has 0 aliphatic carbocycles. The largest absolute Gasteiger partial charge is 0.396 e. The zero-order valence-electron chi connectivity index (χ0n) is 5.42. The fraction of sp³-hybridized carbons (Fsp3) is 1.00. The Hall–Kier alpha value is 0.580. The molecular formula is C5H12AuO4. The first kappa shape index (κ1) is 13.2. The summed E-state index contributed by atoms with van der Waals surface area (Å²) in [7, 11) is 0. The third-order valence-electron chi connectivity index (χ3n) is 1.34. The van der Waals surface area contributed by atoms with E-state index < -0.39 is 31.8 Å². The zero-order chi connectivity index (χ0) is 7.33. The monoisotopic (exact) mass is 333 g/mol. The maximum Gasteiger partial charge on any atom is 0.0627 e. The van der Waals surface area contributed by atoms with Gasteiger partial charge < -0.3 is 20.4 Å². The van der Waals surface area contributed by atoms with E-state index in [1.165, 1.54) is 0 Å². The van der Waals surface area contributed by atoms with Gasteiger partial charge in [-0.05, 0) is 0 Å². The van der Waals surface area contributed by atoms with Crippen molar-refractivity contribution in [1.82, 2.24) is 0 Å². The van der Waals surface area contributed by atoms with Gasteiger partial charge in [-0.1, -0.05) is 0 Å². The van der Waals surface area contributed by atoms with E-state index in [1.807, 2.05) is 0 Å². The number of hydrogen-bond donors (Lipinski definition) is 4. The molecule has 0 heterocycles. The molecule has 0 saturated heterocycles. The molecule has 0 bridgehead atoms. The summed E-state index contributed by atoms with van der Waals surface area (Å²) in [6.07, 6.45) is 0. The Morgan fingerprint density at radius 2 is 0.900 bits per heavy atom. The zero-order valence-corrected chi connectivity index (χ0v) is 7.59. The van der Waals surface area contributed by atoms with Gasteiger partial charge in [0.1, 0.15) is 0 Å². The van der Waals surface area contributed by atoms with Gasteiger partial charge in [-0.3, -0.25) is 0 Å². The molecule has 0 aromatic rings. The summed E-state index contributed by atoms with van der Waals surface area (Å²) in [6, 6.07) is 0. The van der Waals surface area contributed by atoms with E-state index in [1.54, 1.807) is 0 Å². The second kappa shape index (κ2) is 6.30. The van der Waals surface area contributed by atoms with Gasteiger partial charge in [-0.25, -0.2) is 0 Å². The molecule has 67 valence electrons. The predicted octanol–water partition coefficient (Wildman–Crippen LogP) is -2.06. The van der Waals surface area contributed by atoms with Crippen LogP contribution >= 0.6 is 0 Å². The van der Waals surface area contributed by atoms with E-state index >= 15 is 0 Å². The molecular weight excluding hydrogens is 321 g/mol. The van der Waals surface area contributed by atoms with Gasteiger partial charge in [0.25, 0.3) is 0 Å². The average molecular weight is 333 g/mol. The van der Waals surface area contributed by atoms with Crippen molar-refractivity contribution in [2.24, 2.45) is 5.41 Å². The average Bonchev–Trinajstić information content (AvgIpc) is 1.95. The van der Waals surface area contributed by atoms with Gasteiger partial charge in [-0.15, -0.1) is 0 Å². The van der Waals surface area contributed by atoms with E-state index in [4.69, 9.17) is 20.4 Å². The number of aliphatic hydroxyl groups is 4. The third kappa shape index (κ3) is 3.12. The fourth-order valence-electron chi connectivity index (χ4n) is 0.300. The first-order chi connectivity index (χ1) is 4.24. The topological polar surface area (TPSA) is 80.9 Å². The molecule has 0 aliphatic heterocycles. The molecule has 4 nitrogen and oxygen atoms in total. The normalized spacial score (nSPS) is 10.8. The molecule has 1 radical (unpaired) electrons. The molecule has 4 N–H and O–H groups in total. The van der Waals surface area contributed by atoms with Crippen LogP contribution in [0.1, 0.15) is 0 Å². The summed E-state index contributed by atoms with van der Waals surface area (Å²) in [6.45, 7) is -1.62. The summed E-state index contributed by atoms with van der Waals surface area (Å²) >= 11 is 0. The summed E-state index contributed by atoms with van der Waals surface area (Å²) in [5, 5.41) is 34.0. The Morgan fingerprint density at radius 1 is 0.700 bits per heavy atom. The Morgan fingerprint density at radius 3 is 0.900 bits per heavy atom. The van der Waals surface area contributed by atoms with Crippen LogP contribution < -0.4 is 0 Å². The van der Waals surface area contributed by atoms with Crippen LogP contribution in [-0.2, 0) is 22.4 Å². The Bertz CT molecular complexity index is 56.5. The van der Waals surface area contributed by atoms with E-state index in [2.05, 4.69) is 0 Å². The standard InChI is InChI=1S/C5H12O4.Au/c6-1-5(2-7,3-8)4-9;/h6-9H,1-4H2;. The quantitative estimate of drug-likeness (QED) is 0.446. The van der Waals surface area contributed by atoms with Crippen molar-refractivity contribution in [1.29, 1.82) is 0 Å². The van der Waals surface area contributed by atoms with Gasteiger partial charge in [-0.2, -0.15) is 0 Å². The van der Waals surface area contributed by atoms with Crippen LogP contribution in [0.15, 0.2) is 0 Å². The van der Waals surface area contributed by atoms with Gasteiger partial charge in [0.15, 0.2) is 0 Å². The minimum absolute atomic E-state index is 0. The van der Waals surface area contributed by atoms with E-state index in [9.17, 15) is 0 Å².